The molecular formula is C24H24IN5O3. The molecule has 0 atom stereocenters. The van der Waals surface area contributed by atoms with Gasteiger partial charge in [0.05, 0.1) is 17.8 Å². The number of anilines is 3. The number of rotatable bonds is 8. The highest BCUT2D eigenvalue weighted by Gasteiger charge is 2.21. The van der Waals surface area contributed by atoms with E-state index in [2.05, 4.69) is 48.5 Å². The van der Waals surface area contributed by atoms with Crippen LogP contribution in [0.5, 0.6) is 0 Å². The van der Waals surface area contributed by atoms with Crippen LogP contribution in [0.15, 0.2) is 48.7 Å². The molecule has 3 N–H and O–H groups in total. The van der Waals surface area contributed by atoms with Crippen LogP contribution in [0.3, 0.4) is 0 Å². The van der Waals surface area contributed by atoms with E-state index in [-0.39, 0.29) is 18.2 Å². The first-order valence-electron chi connectivity index (χ1n) is 10.7. The molecule has 0 aliphatic carbocycles. The fourth-order valence-corrected chi connectivity index (χ4v) is 3.97. The fourth-order valence-electron chi connectivity index (χ4n) is 3.48. The Bertz CT molecular complexity index is 1170. The summed E-state index contributed by atoms with van der Waals surface area (Å²) in [6.07, 6.45) is 2.68. The van der Waals surface area contributed by atoms with Crippen LogP contribution in [-0.2, 0) is 16.0 Å². The maximum Gasteiger partial charge on any atom is 0.251 e. The summed E-state index contributed by atoms with van der Waals surface area (Å²) in [5.74, 6) is 0.205. The molecule has 2 amide bonds. The maximum atomic E-state index is 12.3. The lowest BCUT2D eigenvalue weighted by Crippen LogP contribution is -2.25. The fraction of sp³-hybridized carbons (Fsp3) is 0.250. The number of nitrogens with zero attached hydrogens (tertiary/aromatic N) is 2. The van der Waals surface area contributed by atoms with Crippen LogP contribution < -0.4 is 16.0 Å². The van der Waals surface area contributed by atoms with Gasteiger partial charge in [-0.2, -0.15) is 0 Å². The van der Waals surface area contributed by atoms with Crippen molar-refractivity contribution in [3.63, 3.8) is 0 Å². The zero-order valence-corrected chi connectivity index (χ0v) is 20.3. The minimum Gasteiger partial charge on any atom is -0.382 e. The zero-order chi connectivity index (χ0) is 23.2. The lowest BCUT2D eigenvalue weighted by atomic mass is 10.1. The van der Waals surface area contributed by atoms with Crippen LogP contribution >= 0.6 is 22.6 Å². The van der Waals surface area contributed by atoms with Gasteiger partial charge in [0, 0.05) is 51.9 Å². The van der Waals surface area contributed by atoms with E-state index in [9.17, 15) is 9.59 Å². The molecule has 1 aliphatic heterocycles. The van der Waals surface area contributed by atoms with Crippen molar-refractivity contribution in [2.75, 3.05) is 30.4 Å². The van der Waals surface area contributed by atoms with Gasteiger partial charge in [0.1, 0.15) is 0 Å². The minimum absolute atomic E-state index is 0.0898. The second-order valence-electron chi connectivity index (χ2n) is 7.49. The monoisotopic (exact) mass is 557 g/mol. The first kappa shape index (κ1) is 23.1. The summed E-state index contributed by atoms with van der Waals surface area (Å²) in [5.41, 5.74) is 4.43. The molecule has 0 fully saturated rings. The van der Waals surface area contributed by atoms with Gasteiger partial charge in [0.25, 0.3) is 5.91 Å². The average molecular weight is 557 g/mol. The van der Waals surface area contributed by atoms with Crippen molar-refractivity contribution in [2.45, 2.75) is 19.8 Å². The van der Waals surface area contributed by atoms with Gasteiger partial charge < -0.3 is 20.7 Å². The normalized spacial score (nSPS) is 12.2. The summed E-state index contributed by atoms with van der Waals surface area (Å²) in [7, 11) is 0. The van der Waals surface area contributed by atoms with E-state index in [0.29, 0.717) is 31.3 Å². The molecule has 170 valence electrons. The number of halogens is 1. The van der Waals surface area contributed by atoms with Crippen molar-refractivity contribution in [1.82, 2.24) is 15.3 Å². The lowest BCUT2D eigenvalue weighted by molar-refractivity contribution is -0.115. The predicted molar refractivity (Wildman–Crippen MR) is 136 cm³/mol. The largest absolute Gasteiger partial charge is 0.382 e. The third-order valence-corrected chi connectivity index (χ3v) is 5.76. The van der Waals surface area contributed by atoms with Gasteiger partial charge in [0.15, 0.2) is 0 Å². The van der Waals surface area contributed by atoms with E-state index in [1.54, 1.807) is 18.3 Å². The van der Waals surface area contributed by atoms with E-state index >= 15 is 0 Å². The van der Waals surface area contributed by atoms with Crippen molar-refractivity contribution in [2.24, 2.45) is 0 Å². The Balaban J connectivity index is 1.47. The second kappa shape index (κ2) is 10.7. The quantitative estimate of drug-likeness (QED) is 0.284. The van der Waals surface area contributed by atoms with Gasteiger partial charge >= 0.3 is 0 Å². The Hall–Kier alpha value is -3.05. The van der Waals surface area contributed by atoms with Crippen molar-refractivity contribution in [3.8, 4) is 11.3 Å². The summed E-state index contributed by atoms with van der Waals surface area (Å²) in [4.78, 5) is 33.6. The van der Waals surface area contributed by atoms with Crippen molar-refractivity contribution < 1.29 is 14.3 Å². The molecule has 4 rings (SSSR count). The van der Waals surface area contributed by atoms with Crippen LogP contribution in [-0.4, -0.2) is 41.5 Å². The first-order valence-corrected chi connectivity index (χ1v) is 11.8. The molecule has 0 saturated heterocycles. The number of carbonyl (C=O) groups excluding carboxylic acids is 2. The van der Waals surface area contributed by atoms with E-state index in [4.69, 9.17) is 4.74 Å². The Kier molecular flexibility index (Phi) is 7.50. The summed E-state index contributed by atoms with van der Waals surface area (Å²) in [6, 6.07) is 13.0. The second-order valence-corrected chi connectivity index (χ2v) is 8.74. The van der Waals surface area contributed by atoms with E-state index in [0.717, 1.165) is 38.2 Å². The first-order chi connectivity index (χ1) is 16.0. The molecule has 8 nitrogen and oxygen atoms in total. The molecule has 33 heavy (non-hydrogen) atoms. The number of fused-ring (bicyclic) bond motifs is 3. The van der Waals surface area contributed by atoms with Crippen LogP contribution in [0, 0.1) is 3.57 Å². The number of aromatic nitrogens is 2. The van der Waals surface area contributed by atoms with E-state index < -0.39 is 0 Å². The number of amides is 2. The lowest BCUT2D eigenvalue weighted by Gasteiger charge is -2.11. The van der Waals surface area contributed by atoms with E-state index in [1.807, 2.05) is 37.3 Å². The van der Waals surface area contributed by atoms with Gasteiger partial charge in [-0.1, -0.05) is 0 Å². The van der Waals surface area contributed by atoms with Gasteiger partial charge in [-0.05, 0) is 78.4 Å². The topological polar surface area (TPSA) is 105 Å². The number of carbonyl (C=O) groups is 2. The molecule has 3 aromatic rings. The zero-order valence-electron chi connectivity index (χ0n) is 18.2. The van der Waals surface area contributed by atoms with Gasteiger partial charge in [-0.3, -0.25) is 9.59 Å². The van der Waals surface area contributed by atoms with Crippen LogP contribution in [0.1, 0.15) is 29.3 Å². The number of nitrogens with one attached hydrogen (secondary N) is 3. The molecule has 1 aromatic heterocycles. The molecule has 9 heteroatoms. The molecule has 2 aromatic carbocycles. The third-order valence-electron chi connectivity index (χ3n) is 5.08. The molecule has 1 aliphatic rings. The molecule has 0 bridgehead atoms. The minimum atomic E-state index is -0.122. The summed E-state index contributed by atoms with van der Waals surface area (Å²) >= 11 is 2.22. The average Bonchev–Trinajstić information content (AvgIpc) is 2.94. The highest BCUT2D eigenvalue weighted by Crippen LogP contribution is 2.34. The standard InChI is InChI=1S/C24H24IN5O3/c1-2-33-11-3-10-26-23(32)15-4-7-18(8-5-15)28-24-27-14-16-12-21(31)29-20-13-17(25)6-9-19(20)22(16)30-24/h4-9,13-14H,2-3,10-12H2,1H3,(H,26,32)(H,29,31)(H,27,28,30). The van der Waals surface area contributed by atoms with Crippen LogP contribution in [0.2, 0.25) is 0 Å². The highest BCUT2D eigenvalue weighted by molar-refractivity contribution is 14.1. The Morgan fingerprint density at radius 2 is 2.03 bits per heavy atom. The van der Waals surface area contributed by atoms with E-state index in [1.165, 1.54) is 0 Å². The van der Waals surface area contributed by atoms with Crippen molar-refractivity contribution in [3.05, 3.63) is 63.4 Å². The molecule has 0 spiro atoms. The Morgan fingerprint density at radius 3 is 2.82 bits per heavy atom. The SMILES string of the molecule is CCOCCCNC(=O)c1ccc(Nc2ncc3c(n2)-c2ccc(I)cc2NC(=O)C3)cc1. The van der Waals surface area contributed by atoms with Crippen LogP contribution in [0.4, 0.5) is 17.3 Å². The van der Waals surface area contributed by atoms with Crippen molar-refractivity contribution >= 4 is 51.7 Å². The predicted octanol–water partition coefficient (Wildman–Crippen LogP) is 4.14. The Labute approximate surface area is 205 Å². The molecule has 2 heterocycles. The molecule has 0 unspecified atom stereocenters. The third kappa shape index (κ3) is 5.85. The number of hydrogen-bond donors (Lipinski definition) is 3. The smallest absolute Gasteiger partial charge is 0.251 e. The molecule has 0 saturated carbocycles. The number of ether oxygens (including phenoxy) is 1. The van der Waals surface area contributed by atoms with Crippen LogP contribution in [0.25, 0.3) is 11.3 Å². The number of benzene rings is 2. The van der Waals surface area contributed by atoms with Crippen molar-refractivity contribution in [1.29, 1.82) is 0 Å². The maximum absolute atomic E-state index is 12.3. The summed E-state index contributed by atoms with van der Waals surface area (Å²) in [6.45, 7) is 3.83. The Morgan fingerprint density at radius 1 is 1.21 bits per heavy atom. The van der Waals surface area contributed by atoms with Gasteiger partial charge in [0.2, 0.25) is 11.9 Å². The highest BCUT2D eigenvalue weighted by atomic mass is 127. The number of hydrogen-bond acceptors (Lipinski definition) is 6. The summed E-state index contributed by atoms with van der Waals surface area (Å²) in [5, 5.41) is 9.01. The van der Waals surface area contributed by atoms with Gasteiger partial charge in [-0.25, -0.2) is 9.97 Å². The molecule has 0 radical (unpaired) electrons. The molecular weight excluding hydrogens is 533 g/mol. The summed E-state index contributed by atoms with van der Waals surface area (Å²) < 4.78 is 6.30. The van der Waals surface area contributed by atoms with Gasteiger partial charge in [-0.15, -0.1) is 0 Å².